The monoisotopic (exact) mass is 311 g/mol. The van der Waals surface area contributed by atoms with Gasteiger partial charge < -0.3 is 19.7 Å². The molecule has 0 radical (unpaired) electrons. The predicted octanol–water partition coefficient (Wildman–Crippen LogP) is 2.74. The summed E-state index contributed by atoms with van der Waals surface area (Å²) >= 11 is 0. The van der Waals surface area contributed by atoms with Crippen LogP contribution < -0.4 is 19.7 Å². The lowest BCUT2D eigenvalue weighted by molar-refractivity contribution is 0.174. The molecule has 120 valence electrons. The number of nitrogens with one attached hydrogen (secondary N) is 1. The largest absolute Gasteiger partial charge is 0.454 e. The smallest absolute Gasteiger partial charge is 0.231 e. The van der Waals surface area contributed by atoms with Gasteiger partial charge in [0.25, 0.3) is 0 Å². The van der Waals surface area contributed by atoms with E-state index in [1.54, 1.807) is 0 Å². The molecule has 0 amide bonds. The van der Waals surface area contributed by atoms with Crippen LogP contribution in [0.25, 0.3) is 0 Å². The van der Waals surface area contributed by atoms with Gasteiger partial charge in [-0.3, -0.25) is 0 Å². The van der Waals surface area contributed by atoms with Crippen LogP contribution in [-0.2, 0) is 0 Å². The Hall–Kier alpha value is -2.27. The molecule has 5 nitrogen and oxygen atoms in total. The number of hydrogen-bond donors (Lipinski definition) is 1. The molecule has 2 atom stereocenters. The van der Waals surface area contributed by atoms with E-state index in [0.717, 1.165) is 36.8 Å². The lowest BCUT2D eigenvalue weighted by Gasteiger charge is -2.21. The van der Waals surface area contributed by atoms with E-state index in [1.807, 2.05) is 24.4 Å². The Morgan fingerprint density at radius 1 is 1.22 bits per heavy atom. The summed E-state index contributed by atoms with van der Waals surface area (Å²) in [5.41, 5.74) is 1.23. The van der Waals surface area contributed by atoms with Crippen molar-refractivity contribution in [3.8, 4) is 11.5 Å². The zero-order valence-electron chi connectivity index (χ0n) is 13.2. The maximum Gasteiger partial charge on any atom is 0.231 e. The van der Waals surface area contributed by atoms with Gasteiger partial charge in [-0.15, -0.1) is 0 Å². The number of aromatic nitrogens is 1. The zero-order valence-corrected chi connectivity index (χ0v) is 13.2. The minimum Gasteiger partial charge on any atom is -0.454 e. The van der Waals surface area contributed by atoms with Crippen LogP contribution in [0.3, 0.4) is 0 Å². The maximum atomic E-state index is 5.47. The summed E-state index contributed by atoms with van der Waals surface area (Å²) < 4.78 is 10.8. The molecule has 0 aliphatic carbocycles. The highest BCUT2D eigenvalue weighted by atomic mass is 16.7. The Balaban J connectivity index is 1.39. The molecule has 1 aromatic carbocycles. The van der Waals surface area contributed by atoms with Crippen LogP contribution in [0.1, 0.15) is 24.9 Å². The normalized spacial score (nSPS) is 20.7. The molecule has 5 heteroatoms. The molecule has 2 aromatic rings. The van der Waals surface area contributed by atoms with E-state index in [9.17, 15) is 0 Å². The van der Waals surface area contributed by atoms with E-state index >= 15 is 0 Å². The fourth-order valence-corrected chi connectivity index (χ4v) is 3.28. The van der Waals surface area contributed by atoms with Gasteiger partial charge in [0.1, 0.15) is 5.82 Å². The van der Waals surface area contributed by atoms with E-state index in [4.69, 9.17) is 9.47 Å². The van der Waals surface area contributed by atoms with E-state index in [-0.39, 0.29) is 6.04 Å². The van der Waals surface area contributed by atoms with Gasteiger partial charge in [0.2, 0.25) is 6.79 Å². The van der Waals surface area contributed by atoms with Crippen LogP contribution in [0.5, 0.6) is 11.5 Å². The van der Waals surface area contributed by atoms with Crippen molar-refractivity contribution in [1.29, 1.82) is 0 Å². The van der Waals surface area contributed by atoms with Gasteiger partial charge in [0.15, 0.2) is 11.5 Å². The Bertz CT molecular complexity index is 677. The summed E-state index contributed by atoms with van der Waals surface area (Å²) in [5.74, 6) is 2.74. The lowest BCUT2D eigenvalue weighted by Crippen LogP contribution is -2.34. The van der Waals surface area contributed by atoms with E-state index < -0.39 is 0 Å². The molecule has 1 saturated heterocycles. The van der Waals surface area contributed by atoms with Crippen LogP contribution in [0.2, 0.25) is 0 Å². The van der Waals surface area contributed by atoms with Gasteiger partial charge in [-0.2, -0.15) is 0 Å². The summed E-state index contributed by atoms with van der Waals surface area (Å²) in [5, 5.41) is 3.72. The van der Waals surface area contributed by atoms with Crippen molar-refractivity contribution in [3.05, 3.63) is 48.2 Å². The first-order chi connectivity index (χ1) is 11.3. The van der Waals surface area contributed by atoms with Gasteiger partial charge in [-0.25, -0.2) is 4.98 Å². The third-order valence-electron chi connectivity index (χ3n) is 4.54. The van der Waals surface area contributed by atoms with Crippen LogP contribution in [0.4, 0.5) is 5.82 Å². The molecule has 1 fully saturated rings. The van der Waals surface area contributed by atoms with Crippen molar-refractivity contribution >= 4 is 5.82 Å². The van der Waals surface area contributed by atoms with Crippen LogP contribution in [0, 0.1) is 0 Å². The minimum atomic E-state index is 0.276. The number of benzene rings is 1. The lowest BCUT2D eigenvalue weighted by atomic mass is 10.1. The molecule has 1 aromatic heterocycles. The first-order valence-corrected chi connectivity index (χ1v) is 8.11. The number of ether oxygens (including phenoxy) is 2. The molecule has 4 rings (SSSR count). The minimum absolute atomic E-state index is 0.276. The summed E-state index contributed by atoms with van der Waals surface area (Å²) in [7, 11) is 0. The zero-order chi connectivity index (χ0) is 15.6. The first-order valence-electron chi connectivity index (χ1n) is 8.11. The van der Waals surface area contributed by atoms with Crippen molar-refractivity contribution in [1.82, 2.24) is 10.3 Å². The highest BCUT2D eigenvalue weighted by molar-refractivity contribution is 5.45. The molecular weight excluding hydrogens is 290 g/mol. The Kier molecular flexibility index (Phi) is 3.79. The third kappa shape index (κ3) is 2.97. The molecule has 0 saturated carbocycles. The molecule has 2 aliphatic heterocycles. The predicted molar refractivity (Wildman–Crippen MR) is 89.0 cm³/mol. The topological polar surface area (TPSA) is 46.6 Å². The average molecular weight is 311 g/mol. The second kappa shape index (κ2) is 6.08. The molecule has 1 N–H and O–H groups in total. The van der Waals surface area contributed by atoms with Gasteiger partial charge in [-0.1, -0.05) is 12.1 Å². The number of anilines is 1. The fourth-order valence-electron chi connectivity index (χ4n) is 3.28. The Labute approximate surface area is 136 Å². The number of pyridine rings is 1. The highest BCUT2D eigenvalue weighted by Crippen LogP contribution is 2.34. The molecular formula is C18H21N3O2. The van der Waals surface area contributed by atoms with Gasteiger partial charge in [-0.05, 0) is 43.2 Å². The van der Waals surface area contributed by atoms with E-state index in [1.165, 1.54) is 5.56 Å². The summed E-state index contributed by atoms with van der Waals surface area (Å²) in [6.07, 6.45) is 2.98. The maximum absolute atomic E-state index is 5.47. The van der Waals surface area contributed by atoms with Crippen molar-refractivity contribution in [3.63, 3.8) is 0 Å². The van der Waals surface area contributed by atoms with Crippen molar-refractivity contribution in [2.45, 2.75) is 25.4 Å². The van der Waals surface area contributed by atoms with Crippen LogP contribution >= 0.6 is 0 Å². The third-order valence-corrected chi connectivity index (χ3v) is 4.54. The average Bonchev–Trinajstić information content (AvgIpc) is 3.24. The number of nitrogens with zero attached hydrogens (tertiary/aromatic N) is 2. The Morgan fingerprint density at radius 3 is 3.00 bits per heavy atom. The molecule has 2 aliphatic rings. The van der Waals surface area contributed by atoms with Crippen molar-refractivity contribution in [2.75, 3.05) is 24.8 Å². The number of fused-ring (bicyclic) bond motifs is 1. The van der Waals surface area contributed by atoms with Gasteiger partial charge in [0, 0.05) is 31.4 Å². The SMILES string of the molecule is C[C@H](N[C@H]1CCN(c2ccccn2)C1)c1ccc2c(c1)OCO2. The molecule has 0 bridgehead atoms. The summed E-state index contributed by atoms with van der Waals surface area (Å²) in [4.78, 5) is 6.78. The van der Waals surface area contributed by atoms with E-state index in [0.29, 0.717) is 12.8 Å². The van der Waals surface area contributed by atoms with Crippen LogP contribution in [0.15, 0.2) is 42.6 Å². The molecule has 0 spiro atoms. The molecule has 3 heterocycles. The first kappa shape index (κ1) is 14.3. The highest BCUT2D eigenvalue weighted by Gasteiger charge is 2.25. The van der Waals surface area contributed by atoms with Gasteiger partial charge >= 0.3 is 0 Å². The van der Waals surface area contributed by atoms with Crippen molar-refractivity contribution in [2.24, 2.45) is 0 Å². The Morgan fingerprint density at radius 2 is 2.13 bits per heavy atom. The quantitative estimate of drug-likeness (QED) is 0.941. The van der Waals surface area contributed by atoms with Crippen LogP contribution in [-0.4, -0.2) is 30.9 Å². The second-order valence-electron chi connectivity index (χ2n) is 6.12. The molecule has 0 unspecified atom stereocenters. The fraction of sp³-hybridized carbons (Fsp3) is 0.389. The van der Waals surface area contributed by atoms with Gasteiger partial charge in [0.05, 0.1) is 0 Å². The number of hydrogen-bond acceptors (Lipinski definition) is 5. The molecule has 23 heavy (non-hydrogen) atoms. The summed E-state index contributed by atoms with van der Waals surface area (Å²) in [6.45, 7) is 4.55. The van der Waals surface area contributed by atoms with E-state index in [2.05, 4.69) is 40.3 Å². The van der Waals surface area contributed by atoms with Crippen molar-refractivity contribution < 1.29 is 9.47 Å². The second-order valence-corrected chi connectivity index (χ2v) is 6.12. The standard InChI is InChI=1S/C18H21N3O2/c1-13(14-5-6-16-17(10-14)23-12-22-16)20-15-7-9-21(11-15)18-4-2-3-8-19-18/h2-6,8,10,13,15,20H,7,9,11-12H2,1H3/t13-,15-/m0/s1. The number of rotatable bonds is 4. The summed E-state index contributed by atoms with van der Waals surface area (Å²) in [6, 6.07) is 13.0.